The van der Waals surface area contributed by atoms with Crippen molar-refractivity contribution in [2.75, 3.05) is 26.8 Å². The highest BCUT2D eigenvalue weighted by Crippen LogP contribution is 2.25. The maximum atomic E-state index is 12.9. The van der Waals surface area contributed by atoms with Crippen LogP contribution in [-0.4, -0.2) is 56.3 Å². The Morgan fingerprint density at radius 1 is 1.10 bits per heavy atom. The number of nitrogens with zero attached hydrogens (tertiary/aromatic N) is 6. The molecule has 0 bridgehead atoms. The first-order chi connectivity index (χ1) is 19.1. The van der Waals surface area contributed by atoms with Crippen molar-refractivity contribution in [3.63, 3.8) is 0 Å². The summed E-state index contributed by atoms with van der Waals surface area (Å²) in [5.74, 6) is 1.67. The second kappa shape index (κ2) is 10.3. The average Bonchev–Trinajstić information content (AvgIpc) is 3.36. The van der Waals surface area contributed by atoms with Crippen LogP contribution in [0.25, 0.3) is 28.2 Å². The fourth-order valence-electron chi connectivity index (χ4n) is 5.00. The number of methoxy groups -OCH3 is 1. The van der Waals surface area contributed by atoms with Gasteiger partial charge in [0.05, 0.1) is 41.6 Å². The molecule has 1 aliphatic heterocycles. The number of rotatable bonds is 7. The van der Waals surface area contributed by atoms with Gasteiger partial charge in [0.1, 0.15) is 12.2 Å². The summed E-state index contributed by atoms with van der Waals surface area (Å²) in [6, 6.07) is 16.7. The molecule has 1 fully saturated rings. The van der Waals surface area contributed by atoms with Gasteiger partial charge in [-0.15, -0.1) is 0 Å². The SMILES string of the molecule is COC1(COc2cnc(-c3cccc(Cn4c(=O)ccn5c6cc(C#N)ccc6nc45)c3)nc2)CCNCC1. The number of aromatic nitrogens is 5. The lowest BCUT2D eigenvalue weighted by Gasteiger charge is -2.35. The number of nitriles is 1. The Hall–Kier alpha value is -4.59. The van der Waals surface area contributed by atoms with E-state index in [2.05, 4.69) is 26.3 Å². The van der Waals surface area contributed by atoms with Gasteiger partial charge >= 0.3 is 0 Å². The summed E-state index contributed by atoms with van der Waals surface area (Å²) in [6.45, 7) is 2.58. The van der Waals surface area contributed by atoms with Crippen molar-refractivity contribution in [3.8, 4) is 23.2 Å². The van der Waals surface area contributed by atoms with E-state index in [1.54, 1.807) is 48.5 Å². The lowest BCUT2D eigenvalue weighted by atomic mass is 9.93. The van der Waals surface area contributed by atoms with Crippen LogP contribution < -0.4 is 15.6 Å². The van der Waals surface area contributed by atoms with Gasteiger partial charge < -0.3 is 14.8 Å². The molecular formula is C29H27N7O3. The summed E-state index contributed by atoms with van der Waals surface area (Å²) in [6.07, 6.45) is 6.83. The van der Waals surface area contributed by atoms with E-state index in [0.29, 0.717) is 36.1 Å². The van der Waals surface area contributed by atoms with Crippen molar-refractivity contribution >= 4 is 16.8 Å². The molecule has 39 heavy (non-hydrogen) atoms. The van der Waals surface area contributed by atoms with Crippen LogP contribution in [0.4, 0.5) is 0 Å². The van der Waals surface area contributed by atoms with Crippen LogP contribution in [0.5, 0.6) is 5.75 Å². The normalized spacial score (nSPS) is 14.9. The van der Waals surface area contributed by atoms with E-state index >= 15 is 0 Å². The Bertz CT molecular complexity index is 1750. The minimum Gasteiger partial charge on any atom is -0.487 e. The molecule has 5 aromatic rings. The maximum Gasteiger partial charge on any atom is 0.255 e. The fourth-order valence-corrected chi connectivity index (χ4v) is 5.00. The zero-order valence-electron chi connectivity index (χ0n) is 21.5. The number of nitrogens with one attached hydrogen (secondary N) is 1. The minimum atomic E-state index is -0.294. The Kier molecular flexibility index (Phi) is 6.52. The maximum absolute atomic E-state index is 12.9. The van der Waals surface area contributed by atoms with Crippen LogP contribution in [0.1, 0.15) is 24.0 Å². The molecule has 0 saturated carbocycles. The van der Waals surface area contributed by atoms with Crippen LogP contribution in [0, 0.1) is 11.3 Å². The van der Waals surface area contributed by atoms with Gasteiger partial charge in [-0.1, -0.05) is 18.2 Å². The Morgan fingerprint density at radius 2 is 1.92 bits per heavy atom. The van der Waals surface area contributed by atoms with Crippen molar-refractivity contribution in [1.82, 2.24) is 29.2 Å². The molecule has 4 heterocycles. The topological polar surface area (TPSA) is 119 Å². The molecule has 10 nitrogen and oxygen atoms in total. The van der Waals surface area contributed by atoms with Crippen LogP contribution in [-0.2, 0) is 11.3 Å². The van der Waals surface area contributed by atoms with E-state index in [9.17, 15) is 10.1 Å². The summed E-state index contributed by atoms with van der Waals surface area (Å²) in [5, 5.41) is 12.6. The third-order valence-electron chi connectivity index (χ3n) is 7.28. The van der Waals surface area contributed by atoms with Crippen LogP contribution in [0.3, 0.4) is 0 Å². The predicted molar refractivity (Wildman–Crippen MR) is 146 cm³/mol. The predicted octanol–water partition coefficient (Wildman–Crippen LogP) is 3.17. The van der Waals surface area contributed by atoms with Gasteiger partial charge in [0, 0.05) is 24.9 Å². The number of benzene rings is 2. The van der Waals surface area contributed by atoms with Crippen LogP contribution >= 0.6 is 0 Å². The van der Waals surface area contributed by atoms with Gasteiger partial charge in [0.25, 0.3) is 5.56 Å². The molecule has 0 unspecified atom stereocenters. The molecule has 196 valence electrons. The lowest BCUT2D eigenvalue weighted by Crippen LogP contribution is -2.47. The first kappa shape index (κ1) is 24.7. The van der Waals surface area contributed by atoms with E-state index in [0.717, 1.165) is 48.1 Å². The number of hydrogen-bond acceptors (Lipinski definition) is 8. The highest BCUT2D eigenvalue weighted by Gasteiger charge is 2.32. The number of imidazole rings is 1. The number of ether oxygens (including phenoxy) is 2. The quantitative estimate of drug-likeness (QED) is 0.347. The average molecular weight is 522 g/mol. The highest BCUT2D eigenvalue weighted by molar-refractivity contribution is 5.81. The smallest absolute Gasteiger partial charge is 0.255 e. The molecule has 0 radical (unpaired) electrons. The Balaban J connectivity index is 1.23. The van der Waals surface area contributed by atoms with Crippen molar-refractivity contribution in [1.29, 1.82) is 5.26 Å². The third kappa shape index (κ3) is 4.85. The summed E-state index contributed by atoms with van der Waals surface area (Å²) < 4.78 is 15.2. The van der Waals surface area contributed by atoms with Gasteiger partial charge in [-0.05, 0) is 55.8 Å². The van der Waals surface area contributed by atoms with Crippen molar-refractivity contribution in [3.05, 3.63) is 88.6 Å². The summed E-state index contributed by atoms with van der Waals surface area (Å²) in [5.41, 5.74) is 3.31. The van der Waals surface area contributed by atoms with E-state index in [1.807, 2.05) is 28.7 Å². The van der Waals surface area contributed by atoms with Gasteiger partial charge in [-0.25, -0.2) is 15.0 Å². The van der Waals surface area contributed by atoms with Crippen molar-refractivity contribution < 1.29 is 9.47 Å². The van der Waals surface area contributed by atoms with Crippen LogP contribution in [0.15, 0.2) is 71.9 Å². The standard InChI is InChI=1S/C29H27N7O3/c1-38-29(8-10-31-11-9-29)19-39-23-16-32-27(33-17-23)22-4-2-3-21(13-22)18-36-26(37)7-12-35-25-14-20(15-30)5-6-24(25)34-28(35)36/h2-7,12-14,16-17,31H,8-11,18-19H2,1H3. The largest absolute Gasteiger partial charge is 0.487 e. The summed E-state index contributed by atoms with van der Waals surface area (Å²) in [7, 11) is 1.73. The minimum absolute atomic E-state index is 0.163. The van der Waals surface area contributed by atoms with Crippen LogP contribution in [0.2, 0.25) is 0 Å². The zero-order chi connectivity index (χ0) is 26.8. The Labute approximate surface area is 224 Å². The molecule has 0 atom stereocenters. The lowest BCUT2D eigenvalue weighted by molar-refractivity contribution is -0.0641. The molecule has 0 amide bonds. The van der Waals surface area contributed by atoms with Crippen molar-refractivity contribution in [2.45, 2.75) is 25.0 Å². The molecule has 1 N–H and O–H groups in total. The Morgan fingerprint density at radius 3 is 2.69 bits per heavy atom. The molecule has 1 aliphatic rings. The van der Waals surface area contributed by atoms with Gasteiger partial charge in [-0.2, -0.15) is 5.26 Å². The molecule has 1 saturated heterocycles. The van der Waals surface area contributed by atoms with Gasteiger partial charge in [0.2, 0.25) is 5.78 Å². The molecule has 0 aliphatic carbocycles. The fraction of sp³-hybridized carbons (Fsp3) is 0.276. The first-order valence-corrected chi connectivity index (χ1v) is 12.8. The zero-order valence-corrected chi connectivity index (χ0v) is 21.5. The third-order valence-corrected chi connectivity index (χ3v) is 7.28. The summed E-state index contributed by atoms with van der Waals surface area (Å²) >= 11 is 0. The number of hydrogen-bond donors (Lipinski definition) is 1. The van der Waals surface area contributed by atoms with E-state index in [-0.39, 0.29) is 11.2 Å². The molecule has 0 spiro atoms. The van der Waals surface area contributed by atoms with Gasteiger partial charge in [0.15, 0.2) is 11.6 Å². The second-order valence-corrected chi connectivity index (χ2v) is 9.71. The number of fused-ring (bicyclic) bond motifs is 3. The van der Waals surface area contributed by atoms with E-state index in [4.69, 9.17) is 9.47 Å². The molecule has 6 rings (SSSR count). The number of piperidine rings is 1. The highest BCUT2D eigenvalue weighted by atomic mass is 16.5. The van der Waals surface area contributed by atoms with Crippen molar-refractivity contribution in [2.24, 2.45) is 0 Å². The van der Waals surface area contributed by atoms with E-state index < -0.39 is 0 Å². The first-order valence-electron chi connectivity index (χ1n) is 12.8. The second-order valence-electron chi connectivity index (χ2n) is 9.71. The summed E-state index contributed by atoms with van der Waals surface area (Å²) in [4.78, 5) is 26.6. The van der Waals surface area contributed by atoms with E-state index in [1.165, 1.54) is 6.07 Å². The molecule has 3 aromatic heterocycles. The molecular weight excluding hydrogens is 494 g/mol. The monoisotopic (exact) mass is 521 g/mol. The molecule has 2 aromatic carbocycles. The molecule has 10 heteroatoms. The van der Waals surface area contributed by atoms with Gasteiger partial charge in [-0.3, -0.25) is 13.8 Å².